The molecule has 0 amide bonds. The average Bonchev–Trinajstić information content (AvgIpc) is 3.31. The van der Waals surface area contributed by atoms with E-state index in [2.05, 4.69) is 51.1 Å². The maximum atomic E-state index is 4.36. The summed E-state index contributed by atoms with van der Waals surface area (Å²) in [6.07, 6.45) is 8.88. The molecule has 1 fully saturated rings. The van der Waals surface area contributed by atoms with Crippen molar-refractivity contribution in [2.45, 2.75) is 37.6 Å². The van der Waals surface area contributed by atoms with Gasteiger partial charge in [-0.05, 0) is 24.5 Å². The molecule has 136 valence electrons. The molecular weight excluding hydrogens is 425 g/mol. The number of hydrogen-bond acceptors (Lipinski definition) is 2. The molecule has 0 aliphatic heterocycles. The number of hydrogen-bond donors (Lipinski definition) is 2. The fourth-order valence-electron chi connectivity index (χ4n) is 3.61. The Morgan fingerprint density at radius 3 is 2.56 bits per heavy atom. The van der Waals surface area contributed by atoms with Crippen LogP contribution in [0.5, 0.6) is 0 Å². The van der Waals surface area contributed by atoms with Crippen LogP contribution < -0.4 is 10.6 Å². The largest absolute Gasteiger partial charge is 0.356 e. The minimum absolute atomic E-state index is 0. The molecular formula is C19H28IN5. The van der Waals surface area contributed by atoms with Crippen LogP contribution in [0.1, 0.15) is 31.2 Å². The standard InChI is InChI=1S/C19H27N5.HI/c1-20-18(21-13-15-24-14-7-12-23-24)22-16-19(10-5-6-11-19)17-8-3-2-4-9-17;/h2-4,7-9,12,14H,5-6,10-11,13,15-16H2,1H3,(H2,20,21,22);1H. The van der Waals surface area contributed by atoms with Crippen LogP contribution in [0.4, 0.5) is 0 Å². The first kappa shape index (κ1) is 19.8. The second-order valence-electron chi connectivity index (χ2n) is 6.48. The van der Waals surface area contributed by atoms with Crippen molar-refractivity contribution >= 4 is 29.9 Å². The Labute approximate surface area is 167 Å². The van der Waals surface area contributed by atoms with E-state index in [0.717, 1.165) is 25.6 Å². The van der Waals surface area contributed by atoms with Crippen LogP contribution in [0, 0.1) is 0 Å². The molecule has 0 saturated heterocycles. The van der Waals surface area contributed by atoms with Gasteiger partial charge in [-0.15, -0.1) is 24.0 Å². The highest BCUT2D eigenvalue weighted by molar-refractivity contribution is 14.0. The number of benzene rings is 1. The molecule has 1 heterocycles. The topological polar surface area (TPSA) is 54.2 Å². The van der Waals surface area contributed by atoms with Gasteiger partial charge in [0, 0.05) is 37.9 Å². The van der Waals surface area contributed by atoms with Crippen molar-refractivity contribution in [3.8, 4) is 0 Å². The highest BCUT2D eigenvalue weighted by atomic mass is 127. The first-order valence-corrected chi connectivity index (χ1v) is 8.80. The third-order valence-electron chi connectivity index (χ3n) is 4.96. The Kier molecular flexibility index (Phi) is 7.74. The van der Waals surface area contributed by atoms with E-state index in [1.807, 2.05) is 24.0 Å². The second kappa shape index (κ2) is 9.79. The van der Waals surface area contributed by atoms with Crippen molar-refractivity contribution in [2.24, 2.45) is 4.99 Å². The molecule has 0 bridgehead atoms. The molecule has 2 N–H and O–H groups in total. The number of nitrogens with one attached hydrogen (secondary N) is 2. The predicted molar refractivity (Wildman–Crippen MR) is 114 cm³/mol. The van der Waals surface area contributed by atoms with E-state index in [9.17, 15) is 0 Å². The molecule has 1 aromatic carbocycles. The van der Waals surface area contributed by atoms with E-state index in [1.54, 1.807) is 6.20 Å². The summed E-state index contributed by atoms with van der Waals surface area (Å²) < 4.78 is 1.92. The van der Waals surface area contributed by atoms with E-state index in [-0.39, 0.29) is 29.4 Å². The molecule has 2 aromatic rings. The van der Waals surface area contributed by atoms with Crippen LogP contribution in [0.25, 0.3) is 0 Å². The molecule has 1 aliphatic carbocycles. The maximum Gasteiger partial charge on any atom is 0.191 e. The van der Waals surface area contributed by atoms with Crippen molar-refractivity contribution in [1.82, 2.24) is 20.4 Å². The minimum Gasteiger partial charge on any atom is -0.356 e. The van der Waals surface area contributed by atoms with Crippen molar-refractivity contribution in [3.05, 3.63) is 54.4 Å². The van der Waals surface area contributed by atoms with E-state index in [4.69, 9.17) is 0 Å². The quantitative estimate of drug-likeness (QED) is 0.402. The summed E-state index contributed by atoms with van der Waals surface area (Å²) in [5.41, 5.74) is 1.68. The van der Waals surface area contributed by atoms with Gasteiger partial charge in [0.05, 0.1) is 6.54 Å². The Morgan fingerprint density at radius 1 is 1.16 bits per heavy atom. The smallest absolute Gasteiger partial charge is 0.191 e. The van der Waals surface area contributed by atoms with E-state index in [0.29, 0.717) is 0 Å². The summed E-state index contributed by atoms with van der Waals surface area (Å²) in [6.45, 7) is 2.57. The zero-order valence-electron chi connectivity index (χ0n) is 14.8. The van der Waals surface area contributed by atoms with Crippen molar-refractivity contribution in [1.29, 1.82) is 0 Å². The van der Waals surface area contributed by atoms with Gasteiger partial charge in [0.25, 0.3) is 0 Å². The lowest BCUT2D eigenvalue weighted by molar-refractivity contribution is 0.431. The van der Waals surface area contributed by atoms with Gasteiger partial charge >= 0.3 is 0 Å². The van der Waals surface area contributed by atoms with Crippen LogP contribution in [-0.4, -0.2) is 35.9 Å². The SMILES string of the molecule is CN=C(NCCn1cccn1)NCC1(c2ccccc2)CCCC1.I. The molecule has 5 nitrogen and oxygen atoms in total. The van der Waals surface area contributed by atoms with Crippen LogP contribution in [-0.2, 0) is 12.0 Å². The summed E-state index contributed by atoms with van der Waals surface area (Å²) in [4.78, 5) is 4.36. The third kappa shape index (κ3) is 5.20. The molecule has 3 rings (SSSR count). The van der Waals surface area contributed by atoms with Crippen LogP contribution >= 0.6 is 24.0 Å². The van der Waals surface area contributed by atoms with E-state index in [1.165, 1.54) is 31.2 Å². The number of aliphatic imine (C=N–C) groups is 1. The lowest BCUT2D eigenvalue weighted by Gasteiger charge is -2.30. The number of rotatable bonds is 6. The lowest BCUT2D eigenvalue weighted by atomic mass is 9.79. The summed E-state index contributed by atoms with van der Waals surface area (Å²) in [5.74, 6) is 0.865. The van der Waals surface area contributed by atoms with E-state index < -0.39 is 0 Å². The molecule has 0 unspecified atom stereocenters. The number of aromatic nitrogens is 2. The van der Waals surface area contributed by atoms with Crippen molar-refractivity contribution in [2.75, 3.05) is 20.1 Å². The number of halogens is 1. The number of nitrogens with zero attached hydrogens (tertiary/aromatic N) is 3. The summed E-state index contributed by atoms with van der Waals surface area (Å²) in [5, 5.41) is 11.1. The molecule has 0 spiro atoms. The Bertz CT molecular complexity index is 633. The van der Waals surface area contributed by atoms with Gasteiger partial charge in [-0.25, -0.2) is 0 Å². The Balaban J connectivity index is 0.00000225. The van der Waals surface area contributed by atoms with Crippen molar-refractivity contribution in [3.63, 3.8) is 0 Å². The normalized spacial score (nSPS) is 16.3. The minimum atomic E-state index is 0. The Hall–Kier alpha value is -1.57. The fourth-order valence-corrected chi connectivity index (χ4v) is 3.61. The van der Waals surface area contributed by atoms with Gasteiger partial charge in [0.15, 0.2) is 5.96 Å². The average molecular weight is 453 g/mol. The van der Waals surface area contributed by atoms with Gasteiger partial charge in [0.2, 0.25) is 0 Å². The molecule has 1 aromatic heterocycles. The summed E-state index contributed by atoms with van der Waals surface area (Å²) in [7, 11) is 1.83. The van der Waals surface area contributed by atoms with Gasteiger partial charge in [0.1, 0.15) is 0 Å². The molecule has 1 saturated carbocycles. The predicted octanol–water partition coefficient (Wildman–Crippen LogP) is 3.18. The second-order valence-corrected chi connectivity index (χ2v) is 6.48. The number of guanidine groups is 1. The Morgan fingerprint density at radius 2 is 1.92 bits per heavy atom. The molecule has 0 radical (unpaired) electrons. The zero-order valence-corrected chi connectivity index (χ0v) is 17.1. The molecule has 25 heavy (non-hydrogen) atoms. The van der Waals surface area contributed by atoms with Crippen LogP contribution in [0.2, 0.25) is 0 Å². The van der Waals surface area contributed by atoms with Gasteiger partial charge in [-0.1, -0.05) is 43.2 Å². The van der Waals surface area contributed by atoms with E-state index >= 15 is 0 Å². The molecule has 6 heteroatoms. The fraction of sp³-hybridized carbons (Fsp3) is 0.474. The van der Waals surface area contributed by atoms with Crippen LogP contribution in [0.3, 0.4) is 0 Å². The van der Waals surface area contributed by atoms with Gasteiger partial charge in [-0.3, -0.25) is 9.67 Å². The third-order valence-corrected chi connectivity index (χ3v) is 4.96. The maximum absolute atomic E-state index is 4.36. The van der Waals surface area contributed by atoms with Crippen LogP contribution in [0.15, 0.2) is 53.8 Å². The van der Waals surface area contributed by atoms with Gasteiger partial charge < -0.3 is 10.6 Å². The summed E-state index contributed by atoms with van der Waals surface area (Å²) in [6, 6.07) is 12.9. The van der Waals surface area contributed by atoms with Gasteiger partial charge in [-0.2, -0.15) is 5.10 Å². The first-order chi connectivity index (χ1) is 11.8. The summed E-state index contributed by atoms with van der Waals surface area (Å²) >= 11 is 0. The monoisotopic (exact) mass is 453 g/mol. The molecule has 0 atom stereocenters. The zero-order chi connectivity index (χ0) is 16.7. The highest BCUT2D eigenvalue weighted by Crippen LogP contribution is 2.40. The molecule has 1 aliphatic rings. The lowest BCUT2D eigenvalue weighted by Crippen LogP contribution is -2.45. The van der Waals surface area contributed by atoms with Crippen molar-refractivity contribution < 1.29 is 0 Å². The first-order valence-electron chi connectivity index (χ1n) is 8.80. The highest BCUT2D eigenvalue weighted by Gasteiger charge is 2.35.